The van der Waals surface area contributed by atoms with E-state index in [1.54, 1.807) is 42.0 Å². The SMILES string of the molecule is COc1cccc(N2CCN(S(=O)(=O)c3cccc4cnccc34)CC2)c1. The van der Waals surface area contributed by atoms with Gasteiger partial charge in [-0.3, -0.25) is 4.98 Å². The van der Waals surface area contributed by atoms with Gasteiger partial charge in [-0.2, -0.15) is 4.31 Å². The number of anilines is 1. The van der Waals surface area contributed by atoms with Gasteiger partial charge in [-0.1, -0.05) is 18.2 Å². The van der Waals surface area contributed by atoms with Gasteiger partial charge in [0.15, 0.2) is 0 Å². The maximum atomic E-state index is 13.2. The normalized spacial score (nSPS) is 15.8. The quantitative estimate of drug-likeness (QED) is 0.693. The molecule has 0 bridgehead atoms. The largest absolute Gasteiger partial charge is 0.497 e. The summed E-state index contributed by atoms with van der Waals surface area (Å²) in [5, 5.41) is 1.54. The lowest BCUT2D eigenvalue weighted by Crippen LogP contribution is -2.48. The maximum absolute atomic E-state index is 13.2. The fraction of sp³-hybridized carbons (Fsp3) is 0.250. The van der Waals surface area contributed by atoms with Crippen molar-refractivity contribution in [3.63, 3.8) is 0 Å². The summed E-state index contributed by atoms with van der Waals surface area (Å²) in [5.74, 6) is 0.798. The van der Waals surface area contributed by atoms with Gasteiger partial charge in [-0.15, -0.1) is 0 Å². The second kappa shape index (κ2) is 7.17. The van der Waals surface area contributed by atoms with Crippen LogP contribution in [0.3, 0.4) is 0 Å². The van der Waals surface area contributed by atoms with Gasteiger partial charge in [0, 0.05) is 61.1 Å². The second-order valence-corrected chi connectivity index (χ2v) is 8.35. The number of methoxy groups -OCH3 is 1. The fourth-order valence-electron chi connectivity index (χ4n) is 3.45. The molecule has 3 aromatic rings. The van der Waals surface area contributed by atoms with Crippen LogP contribution in [0, 0.1) is 0 Å². The summed E-state index contributed by atoms with van der Waals surface area (Å²) < 4.78 is 33.3. The molecule has 4 rings (SSSR count). The third-order valence-corrected chi connectivity index (χ3v) is 6.87. The predicted molar refractivity (Wildman–Crippen MR) is 106 cm³/mol. The highest BCUT2D eigenvalue weighted by atomic mass is 32.2. The summed E-state index contributed by atoms with van der Waals surface area (Å²) in [5.41, 5.74) is 1.04. The molecule has 2 heterocycles. The number of pyridine rings is 1. The summed E-state index contributed by atoms with van der Waals surface area (Å²) in [4.78, 5) is 6.61. The average Bonchev–Trinajstić information content (AvgIpc) is 2.73. The predicted octanol–water partition coefficient (Wildman–Crippen LogP) is 2.75. The Morgan fingerprint density at radius 3 is 2.56 bits per heavy atom. The van der Waals surface area contributed by atoms with E-state index in [0.29, 0.717) is 36.5 Å². The minimum absolute atomic E-state index is 0.345. The molecule has 27 heavy (non-hydrogen) atoms. The van der Waals surface area contributed by atoms with Gasteiger partial charge >= 0.3 is 0 Å². The number of benzene rings is 2. The molecular weight excluding hydrogens is 362 g/mol. The molecule has 0 aliphatic carbocycles. The number of sulfonamides is 1. The molecule has 6 nitrogen and oxygen atoms in total. The number of hydrogen-bond donors (Lipinski definition) is 0. The minimum Gasteiger partial charge on any atom is -0.497 e. The maximum Gasteiger partial charge on any atom is 0.243 e. The number of fused-ring (bicyclic) bond motifs is 1. The molecule has 0 unspecified atom stereocenters. The van der Waals surface area contributed by atoms with Crippen molar-refractivity contribution in [2.24, 2.45) is 0 Å². The Morgan fingerprint density at radius 2 is 1.78 bits per heavy atom. The van der Waals surface area contributed by atoms with Gasteiger partial charge in [0.25, 0.3) is 0 Å². The van der Waals surface area contributed by atoms with Crippen LogP contribution in [0.4, 0.5) is 5.69 Å². The van der Waals surface area contributed by atoms with Gasteiger partial charge in [-0.05, 0) is 24.3 Å². The van der Waals surface area contributed by atoms with Crippen molar-refractivity contribution in [2.45, 2.75) is 4.90 Å². The van der Waals surface area contributed by atoms with E-state index in [0.717, 1.165) is 16.8 Å². The van der Waals surface area contributed by atoms with E-state index in [-0.39, 0.29) is 0 Å². The van der Waals surface area contributed by atoms with E-state index >= 15 is 0 Å². The van der Waals surface area contributed by atoms with Crippen LogP contribution in [-0.2, 0) is 10.0 Å². The highest BCUT2D eigenvalue weighted by Gasteiger charge is 2.29. The Labute approximate surface area is 159 Å². The lowest BCUT2D eigenvalue weighted by Gasteiger charge is -2.35. The zero-order valence-electron chi connectivity index (χ0n) is 15.1. The smallest absolute Gasteiger partial charge is 0.243 e. The van der Waals surface area contributed by atoms with Crippen LogP contribution in [-0.4, -0.2) is 51.0 Å². The van der Waals surface area contributed by atoms with Crippen LogP contribution >= 0.6 is 0 Å². The Balaban J connectivity index is 1.56. The summed E-state index contributed by atoms with van der Waals surface area (Å²) in [6, 6.07) is 14.9. The van der Waals surface area contributed by atoms with E-state index in [2.05, 4.69) is 9.88 Å². The average molecular weight is 383 g/mol. The molecule has 0 N–H and O–H groups in total. The highest BCUT2D eigenvalue weighted by molar-refractivity contribution is 7.89. The first-order valence-electron chi connectivity index (χ1n) is 8.81. The molecule has 0 radical (unpaired) electrons. The van der Waals surface area contributed by atoms with Crippen molar-refractivity contribution in [1.82, 2.24) is 9.29 Å². The van der Waals surface area contributed by atoms with E-state index in [9.17, 15) is 8.42 Å². The first kappa shape index (κ1) is 17.8. The lowest BCUT2D eigenvalue weighted by atomic mass is 10.2. The molecular formula is C20H21N3O3S. The minimum atomic E-state index is -3.55. The monoisotopic (exact) mass is 383 g/mol. The van der Waals surface area contributed by atoms with E-state index in [1.165, 1.54) is 0 Å². The van der Waals surface area contributed by atoms with Crippen molar-refractivity contribution >= 4 is 26.5 Å². The number of nitrogens with zero attached hydrogens (tertiary/aromatic N) is 3. The number of ether oxygens (including phenoxy) is 1. The Kier molecular flexibility index (Phi) is 4.72. The van der Waals surface area contributed by atoms with Crippen LogP contribution in [0.25, 0.3) is 10.8 Å². The van der Waals surface area contributed by atoms with Crippen molar-refractivity contribution < 1.29 is 13.2 Å². The van der Waals surface area contributed by atoms with Crippen LogP contribution in [0.1, 0.15) is 0 Å². The molecule has 7 heteroatoms. The first-order valence-corrected chi connectivity index (χ1v) is 10.3. The van der Waals surface area contributed by atoms with Crippen molar-refractivity contribution in [3.8, 4) is 5.75 Å². The van der Waals surface area contributed by atoms with Crippen LogP contribution in [0.5, 0.6) is 5.75 Å². The molecule has 2 aromatic carbocycles. The van der Waals surface area contributed by atoms with E-state index in [4.69, 9.17) is 4.74 Å². The number of hydrogen-bond acceptors (Lipinski definition) is 5. The Bertz CT molecular complexity index is 1060. The zero-order valence-corrected chi connectivity index (χ0v) is 15.9. The number of piperazine rings is 1. The lowest BCUT2D eigenvalue weighted by molar-refractivity contribution is 0.384. The third-order valence-electron chi connectivity index (χ3n) is 4.92. The summed E-state index contributed by atoms with van der Waals surface area (Å²) in [6.45, 7) is 2.17. The zero-order chi connectivity index (χ0) is 18.9. The van der Waals surface area contributed by atoms with Gasteiger partial charge in [0.1, 0.15) is 5.75 Å². The number of rotatable bonds is 4. The molecule has 0 atom stereocenters. The topological polar surface area (TPSA) is 62.7 Å². The molecule has 140 valence electrons. The molecule has 0 spiro atoms. The van der Waals surface area contributed by atoms with E-state index in [1.807, 2.05) is 30.3 Å². The molecule has 1 saturated heterocycles. The molecule has 1 aliphatic rings. The van der Waals surface area contributed by atoms with Crippen LogP contribution in [0.15, 0.2) is 65.8 Å². The molecule has 1 aliphatic heterocycles. The van der Waals surface area contributed by atoms with Crippen LogP contribution in [0.2, 0.25) is 0 Å². The standard InChI is InChI=1S/C20H21N3O3S/c1-26-18-6-3-5-17(14-18)22-10-12-23(13-11-22)27(24,25)20-7-2-4-16-15-21-9-8-19(16)20/h2-9,14-15H,10-13H2,1H3. The Hall–Kier alpha value is -2.64. The summed E-state index contributed by atoms with van der Waals surface area (Å²) in [6.07, 6.45) is 3.32. The van der Waals surface area contributed by atoms with Gasteiger partial charge in [0.2, 0.25) is 10.0 Å². The second-order valence-electron chi connectivity index (χ2n) is 6.45. The van der Waals surface area contributed by atoms with Crippen molar-refractivity contribution in [1.29, 1.82) is 0 Å². The first-order chi connectivity index (χ1) is 13.1. The van der Waals surface area contributed by atoms with E-state index < -0.39 is 10.0 Å². The van der Waals surface area contributed by atoms with Crippen LogP contribution < -0.4 is 9.64 Å². The van der Waals surface area contributed by atoms with Crippen molar-refractivity contribution in [3.05, 3.63) is 60.9 Å². The van der Waals surface area contributed by atoms with Gasteiger partial charge in [0.05, 0.1) is 12.0 Å². The molecule has 1 aromatic heterocycles. The fourth-order valence-corrected chi connectivity index (χ4v) is 5.09. The van der Waals surface area contributed by atoms with Crippen molar-refractivity contribution in [2.75, 3.05) is 38.2 Å². The molecule has 1 fully saturated rings. The summed E-state index contributed by atoms with van der Waals surface area (Å²) in [7, 11) is -1.91. The number of aromatic nitrogens is 1. The van der Waals surface area contributed by atoms with Gasteiger partial charge in [-0.25, -0.2) is 8.42 Å². The third kappa shape index (κ3) is 3.36. The Morgan fingerprint density at radius 1 is 1.00 bits per heavy atom. The molecule has 0 amide bonds. The van der Waals surface area contributed by atoms with Gasteiger partial charge < -0.3 is 9.64 Å². The summed E-state index contributed by atoms with van der Waals surface area (Å²) >= 11 is 0. The molecule has 0 saturated carbocycles. The highest BCUT2D eigenvalue weighted by Crippen LogP contribution is 2.27.